The maximum absolute atomic E-state index is 13.0. The molecule has 0 N–H and O–H groups in total. The maximum Gasteiger partial charge on any atom is 0.257 e. The number of ether oxygens (including phenoxy) is 1. The Morgan fingerprint density at radius 1 is 0.933 bits per heavy atom. The van der Waals surface area contributed by atoms with Crippen LogP contribution >= 0.6 is 0 Å². The standard InChI is InChI=1S/C24H21N3O3/c1-27(16-22-25-23(26-30-22)19-12-6-3-7-13-19)24(28)20-14-8-9-15-21(20)29-17-18-10-4-2-5-11-18/h2-15H,16-17H2,1H3. The highest BCUT2D eigenvalue weighted by Crippen LogP contribution is 2.22. The summed E-state index contributed by atoms with van der Waals surface area (Å²) in [5.41, 5.74) is 2.38. The van der Waals surface area contributed by atoms with Gasteiger partial charge in [-0.05, 0) is 17.7 Å². The van der Waals surface area contributed by atoms with Crippen LogP contribution in [0.15, 0.2) is 89.5 Å². The predicted molar refractivity (Wildman–Crippen MR) is 113 cm³/mol. The van der Waals surface area contributed by atoms with Gasteiger partial charge in [-0.25, -0.2) is 0 Å². The minimum absolute atomic E-state index is 0.182. The summed E-state index contributed by atoms with van der Waals surface area (Å²) in [5.74, 6) is 1.22. The normalized spacial score (nSPS) is 10.6. The molecule has 0 radical (unpaired) electrons. The Bertz CT molecular complexity index is 1110. The lowest BCUT2D eigenvalue weighted by atomic mass is 10.1. The van der Waals surface area contributed by atoms with Gasteiger partial charge in [-0.15, -0.1) is 0 Å². The summed E-state index contributed by atoms with van der Waals surface area (Å²) < 4.78 is 11.2. The van der Waals surface area contributed by atoms with E-state index in [1.165, 1.54) is 4.90 Å². The summed E-state index contributed by atoms with van der Waals surface area (Å²) >= 11 is 0. The number of amides is 1. The fourth-order valence-corrected chi connectivity index (χ4v) is 3.01. The van der Waals surface area contributed by atoms with Crippen molar-refractivity contribution in [2.45, 2.75) is 13.2 Å². The first-order chi connectivity index (χ1) is 14.7. The van der Waals surface area contributed by atoms with Crippen LogP contribution in [0, 0.1) is 0 Å². The van der Waals surface area contributed by atoms with Crippen molar-refractivity contribution in [3.05, 3.63) is 102 Å². The van der Waals surface area contributed by atoms with Crippen LogP contribution in [-0.2, 0) is 13.2 Å². The molecule has 4 aromatic rings. The molecule has 0 atom stereocenters. The van der Waals surface area contributed by atoms with E-state index in [9.17, 15) is 4.79 Å². The molecule has 1 heterocycles. The Hall–Kier alpha value is -3.93. The van der Waals surface area contributed by atoms with Crippen LogP contribution in [0.3, 0.4) is 0 Å². The molecule has 30 heavy (non-hydrogen) atoms. The topological polar surface area (TPSA) is 68.5 Å². The molecular weight excluding hydrogens is 378 g/mol. The first kappa shape index (κ1) is 19.4. The minimum atomic E-state index is -0.182. The summed E-state index contributed by atoms with van der Waals surface area (Å²) in [7, 11) is 1.70. The molecule has 0 spiro atoms. The lowest BCUT2D eigenvalue weighted by Crippen LogP contribution is -2.26. The zero-order valence-corrected chi connectivity index (χ0v) is 16.6. The van der Waals surface area contributed by atoms with Gasteiger partial charge in [-0.2, -0.15) is 4.98 Å². The third-order valence-electron chi connectivity index (χ3n) is 4.57. The van der Waals surface area contributed by atoms with Gasteiger partial charge in [0.05, 0.1) is 5.56 Å². The molecule has 0 fully saturated rings. The average Bonchev–Trinajstić information content (AvgIpc) is 3.27. The van der Waals surface area contributed by atoms with Crippen LogP contribution < -0.4 is 4.74 Å². The van der Waals surface area contributed by atoms with Crippen molar-refractivity contribution in [3.63, 3.8) is 0 Å². The van der Waals surface area contributed by atoms with Gasteiger partial charge in [0.15, 0.2) is 0 Å². The largest absolute Gasteiger partial charge is 0.488 e. The molecule has 0 saturated heterocycles. The van der Waals surface area contributed by atoms with Gasteiger partial charge in [-0.3, -0.25) is 4.79 Å². The van der Waals surface area contributed by atoms with E-state index in [-0.39, 0.29) is 12.5 Å². The monoisotopic (exact) mass is 399 g/mol. The first-order valence-corrected chi connectivity index (χ1v) is 9.60. The van der Waals surface area contributed by atoms with Crippen molar-refractivity contribution in [1.29, 1.82) is 0 Å². The molecule has 0 aliphatic carbocycles. The Morgan fingerprint density at radius 2 is 1.60 bits per heavy atom. The molecule has 1 amide bonds. The lowest BCUT2D eigenvalue weighted by molar-refractivity contribution is 0.0764. The zero-order valence-electron chi connectivity index (χ0n) is 16.6. The number of carbonyl (C=O) groups is 1. The van der Waals surface area contributed by atoms with Crippen molar-refractivity contribution in [2.75, 3.05) is 7.05 Å². The van der Waals surface area contributed by atoms with E-state index in [0.29, 0.717) is 29.6 Å². The quantitative estimate of drug-likeness (QED) is 0.455. The molecule has 0 aliphatic rings. The highest BCUT2D eigenvalue weighted by Gasteiger charge is 2.19. The van der Waals surface area contributed by atoms with E-state index in [4.69, 9.17) is 9.26 Å². The molecule has 0 aliphatic heterocycles. The fourth-order valence-electron chi connectivity index (χ4n) is 3.01. The maximum atomic E-state index is 13.0. The Labute approximate surface area is 174 Å². The Morgan fingerprint density at radius 3 is 2.37 bits per heavy atom. The van der Waals surface area contributed by atoms with Crippen LogP contribution in [0.5, 0.6) is 5.75 Å². The van der Waals surface area contributed by atoms with Crippen LogP contribution in [-0.4, -0.2) is 28.0 Å². The van der Waals surface area contributed by atoms with E-state index in [0.717, 1.165) is 11.1 Å². The second-order valence-corrected chi connectivity index (χ2v) is 6.81. The number of para-hydroxylation sites is 1. The minimum Gasteiger partial charge on any atom is -0.488 e. The van der Waals surface area contributed by atoms with Crippen molar-refractivity contribution < 1.29 is 14.1 Å². The third kappa shape index (κ3) is 4.55. The molecule has 0 saturated carbocycles. The lowest BCUT2D eigenvalue weighted by Gasteiger charge is -2.17. The Kier molecular flexibility index (Phi) is 5.85. The van der Waals surface area contributed by atoms with E-state index in [1.54, 1.807) is 19.2 Å². The number of hydrogen-bond donors (Lipinski definition) is 0. The molecule has 1 aromatic heterocycles. The van der Waals surface area contributed by atoms with Crippen molar-refractivity contribution in [2.24, 2.45) is 0 Å². The van der Waals surface area contributed by atoms with Gasteiger partial charge in [0, 0.05) is 12.6 Å². The van der Waals surface area contributed by atoms with E-state index in [2.05, 4.69) is 10.1 Å². The molecule has 6 heteroatoms. The summed E-state index contributed by atoms with van der Waals surface area (Å²) in [6.45, 7) is 0.588. The van der Waals surface area contributed by atoms with Gasteiger partial charge in [0.25, 0.3) is 5.91 Å². The molecule has 4 rings (SSSR count). The van der Waals surface area contributed by atoms with Crippen molar-refractivity contribution >= 4 is 5.91 Å². The van der Waals surface area contributed by atoms with Crippen molar-refractivity contribution in [1.82, 2.24) is 15.0 Å². The van der Waals surface area contributed by atoms with E-state index in [1.807, 2.05) is 72.8 Å². The highest BCUT2D eigenvalue weighted by molar-refractivity contribution is 5.96. The summed E-state index contributed by atoms with van der Waals surface area (Å²) in [4.78, 5) is 18.9. The second-order valence-electron chi connectivity index (χ2n) is 6.81. The zero-order chi connectivity index (χ0) is 20.8. The number of hydrogen-bond acceptors (Lipinski definition) is 5. The van der Waals surface area contributed by atoms with Crippen LogP contribution in [0.25, 0.3) is 11.4 Å². The first-order valence-electron chi connectivity index (χ1n) is 9.60. The highest BCUT2D eigenvalue weighted by atomic mass is 16.5. The second kappa shape index (κ2) is 9.05. The van der Waals surface area contributed by atoms with Crippen molar-refractivity contribution in [3.8, 4) is 17.1 Å². The predicted octanol–water partition coefficient (Wildman–Crippen LogP) is 4.59. The number of nitrogens with zero attached hydrogens (tertiary/aromatic N) is 3. The summed E-state index contributed by atoms with van der Waals surface area (Å²) in [5, 5.41) is 4.00. The number of rotatable bonds is 7. The summed E-state index contributed by atoms with van der Waals surface area (Å²) in [6.07, 6.45) is 0. The molecule has 6 nitrogen and oxygen atoms in total. The Balaban J connectivity index is 1.45. The molecule has 150 valence electrons. The van der Waals surface area contributed by atoms with E-state index < -0.39 is 0 Å². The van der Waals surface area contributed by atoms with E-state index >= 15 is 0 Å². The molecule has 3 aromatic carbocycles. The number of aromatic nitrogens is 2. The van der Waals surface area contributed by atoms with Crippen LogP contribution in [0.2, 0.25) is 0 Å². The van der Waals surface area contributed by atoms with Crippen LogP contribution in [0.1, 0.15) is 21.8 Å². The molecule has 0 bridgehead atoms. The molecular formula is C24H21N3O3. The average molecular weight is 399 g/mol. The van der Waals surface area contributed by atoms with Gasteiger partial charge >= 0.3 is 0 Å². The fraction of sp³-hybridized carbons (Fsp3) is 0.125. The molecule has 0 unspecified atom stereocenters. The van der Waals surface area contributed by atoms with Gasteiger partial charge in [0.1, 0.15) is 18.9 Å². The van der Waals surface area contributed by atoms with Gasteiger partial charge in [-0.1, -0.05) is 78.0 Å². The SMILES string of the molecule is CN(Cc1nc(-c2ccccc2)no1)C(=O)c1ccccc1OCc1ccccc1. The smallest absolute Gasteiger partial charge is 0.257 e. The van der Waals surface area contributed by atoms with Gasteiger partial charge in [0.2, 0.25) is 11.7 Å². The number of benzene rings is 3. The third-order valence-corrected chi connectivity index (χ3v) is 4.57. The van der Waals surface area contributed by atoms with Gasteiger partial charge < -0.3 is 14.2 Å². The van der Waals surface area contributed by atoms with Crippen LogP contribution in [0.4, 0.5) is 0 Å². The number of carbonyl (C=O) groups excluding carboxylic acids is 1. The summed E-state index contributed by atoms with van der Waals surface area (Å²) in [6, 6.07) is 26.6.